The van der Waals surface area contributed by atoms with E-state index in [0.29, 0.717) is 17.2 Å². The van der Waals surface area contributed by atoms with Gasteiger partial charge in [-0.1, -0.05) is 0 Å². The minimum Gasteiger partial charge on any atom is -0.325 e. The number of anilines is 2. The van der Waals surface area contributed by atoms with Crippen LogP contribution in [0.5, 0.6) is 0 Å². The van der Waals surface area contributed by atoms with E-state index in [0.717, 1.165) is 10.2 Å². The first-order valence-electron chi connectivity index (χ1n) is 5.08. The Bertz CT molecular complexity index is 537. The molecule has 0 aromatic carbocycles. The summed E-state index contributed by atoms with van der Waals surface area (Å²) in [7, 11) is 0. The lowest BCUT2D eigenvalue weighted by molar-refractivity contribution is 0.612. The number of nitrogens with zero attached hydrogens (tertiary/aromatic N) is 2. The summed E-state index contributed by atoms with van der Waals surface area (Å²) in [5.41, 5.74) is 1.63. The molecular weight excluding hydrogens is 285 g/mol. The second-order valence-corrected chi connectivity index (χ2v) is 4.61. The van der Waals surface area contributed by atoms with Crippen LogP contribution in [0, 0.1) is 19.7 Å². The van der Waals surface area contributed by atoms with Gasteiger partial charge in [-0.15, -0.1) is 0 Å². The van der Waals surface area contributed by atoms with Crippen LogP contribution in [-0.4, -0.2) is 9.97 Å². The van der Waals surface area contributed by atoms with Gasteiger partial charge in [0.25, 0.3) is 0 Å². The Morgan fingerprint density at radius 1 is 1.18 bits per heavy atom. The molecule has 3 nitrogen and oxygen atoms in total. The summed E-state index contributed by atoms with van der Waals surface area (Å²) in [5.74, 6) is 0.943. The molecule has 17 heavy (non-hydrogen) atoms. The number of hydrogen-bond donors (Lipinski definition) is 1. The van der Waals surface area contributed by atoms with E-state index in [-0.39, 0.29) is 5.82 Å². The molecule has 0 bridgehead atoms. The number of rotatable bonds is 2. The highest BCUT2D eigenvalue weighted by molar-refractivity contribution is 9.10. The molecule has 0 atom stereocenters. The minimum atomic E-state index is -0.311. The molecule has 0 aliphatic rings. The smallest absolute Gasteiger partial charge is 0.144 e. The Morgan fingerprint density at radius 3 is 2.59 bits per heavy atom. The van der Waals surface area contributed by atoms with Crippen molar-refractivity contribution in [2.24, 2.45) is 0 Å². The van der Waals surface area contributed by atoms with Crippen LogP contribution in [-0.2, 0) is 0 Å². The molecule has 2 rings (SSSR count). The number of aryl methyl sites for hydroxylation is 2. The fourth-order valence-electron chi connectivity index (χ4n) is 1.43. The second-order valence-electron chi connectivity index (χ2n) is 3.80. The summed E-state index contributed by atoms with van der Waals surface area (Å²) in [5, 5.41) is 3.03. The predicted octanol–water partition coefficient (Wildman–Crippen LogP) is 3.74. The van der Waals surface area contributed by atoms with Crippen molar-refractivity contribution < 1.29 is 4.39 Å². The van der Waals surface area contributed by atoms with E-state index >= 15 is 0 Å². The molecule has 88 valence electrons. The summed E-state index contributed by atoms with van der Waals surface area (Å²) in [6, 6.07) is 5.45. The van der Waals surface area contributed by atoms with E-state index in [4.69, 9.17) is 0 Å². The molecule has 2 heterocycles. The summed E-state index contributed by atoms with van der Waals surface area (Å²) >= 11 is 3.32. The van der Waals surface area contributed by atoms with Gasteiger partial charge in [0.1, 0.15) is 22.1 Å². The van der Waals surface area contributed by atoms with Gasteiger partial charge in [0.05, 0.1) is 6.20 Å². The van der Waals surface area contributed by atoms with Crippen LogP contribution in [0.3, 0.4) is 0 Å². The maximum absolute atomic E-state index is 13.1. The lowest BCUT2D eigenvalue weighted by atomic mass is 10.2. The van der Waals surface area contributed by atoms with Crippen molar-refractivity contribution in [3.05, 3.63) is 45.9 Å². The monoisotopic (exact) mass is 295 g/mol. The van der Waals surface area contributed by atoms with Crippen molar-refractivity contribution in [2.75, 3.05) is 5.32 Å². The molecule has 2 aromatic heterocycles. The summed E-state index contributed by atoms with van der Waals surface area (Å²) in [6.07, 6.45) is 1.20. The third-order valence-electron chi connectivity index (χ3n) is 2.24. The first-order valence-corrected chi connectivity index (χ1v) is 5.87. The van der Waals surface area contributed by atoms with Crippen LogP contribution in [0.25, 0.3) is 0 Å². The van der Waals surface area contributed by atoms with Crippen LogP contribution in [0.15, 0.2) is 29.0 Å². The largest absolute Gasteiger partial charge is 0.325 e. The quantitative estimate of drug-likeness (QED) is 0.858. The zero-order valence-electron chi connectivity index (χ0n) is 9.46. The van der Waals surface area contributed by atoms with Crippen molar-refractivity contribution in [2.45, 2.75) is 13.8 Å². The van der Waals surface area contributed by atoms with Gasteiger partial charge in [-0.05, 0) is 59.1 Å². The molecule has 0 radical (unpaired) electrons. The van der Waals surface area contributed by atoms with Crippen LogP contribution >= 0.6 is 15.9 Å². The molecule has 0 aliphatic heterocycles. The Morgan fingerprint density at radius 2 is 1.94 bits per heavy atom. The van der Waals surface area contributed by atoms with E-state index in [1.165, 1.54) is 6.20 Å². The highest BCUT2D eigenvalue weighted by Gasteiger charge is 2.03. The lowest BCUT2D eigenvalue weighted by Crippen LogP contribution is -1.98. The number of halogens is 2. The van der Waals surface area contributed by atoms with E-state index in [9.17, 15) is 4.39 Å². The third-order valence-corrected chi connectivity index (χ3v) is 2.65. The van der Waals surface area contributed by atoms with Gasteiger partial charge in [-0.2, -0.15) is 0 Å². The maximum atomic E-state index is 13.1. The first kappa shape index (κ1) is 12.0. The van der Waals surface area contributed by atoms with Crippen LogP contribution in [0.2, 0.25) is 0 Å². The molecule has 2 aromatic rings. The van der Waals surface area contributed by atoms with Crippen molar-refractivity contribution in [1.29, 1.82) is 0 Å². The zero-order valence-corrected chi connectivity index (χ0v) is 11.0. The van der Waals surface area contributed by atoms with Crippen molar-refractivity contribution in [1.82, 2.24) is 9.97 Å². The molecule has 0 fully saturated rings. The lowest BCUT2D eigenvalue weighted by Gasteiger charge is -2.07. The molecule has 1 N–H and O–H groups in total. The molecule has 0 saturated heterocycles. The molecule has 0 spiro atoms. The average Bonchev–Trinajstić information content (AvgIpc) is 2.22. The van der Waals surface area contributed by atoms with E-state index in [1.54, 1.807) is 13.0 Å². The van der Waals surface area contributed by atoms with Gasteiger partial charge in [0.15, 0.2) is 0 Å². The number of aromatic nitrogens is 2. The second kappa shape index (κ2) is 4.79. The highest BCUT2D eigenvalue weighted by atomic mass is 79.9. The van der Waals surface area contributed by atoms with Crippen molar-refractivity contribution in [3.8, 4) is 0 Å². The predicted molar refractivity (Wildman–Crippen MR) is 68.9 cm³/mol. The fraction of sp³-hybridized carbons (Fsp3) is 0.167. The summed E-state index contributed by atoms with van der Waals surface area (Å²) in [6.45, 7) is 3.67. The Kier molecular flexibility index (Phi) is 3.38. The topological polar surface area (TPSA) is 37.8 Å². The Balaban J connectivity index is 2.28. The molecule has 0 unspecified atom stereocenters. The Hall–Kier alpha value is -1.49. The Labute approximate surface area is 107 Å². The molecular formula is C12H11BrFN3. The van der Waals surface area contributed by atoms with Crippen LogP contribution in [0.4, 0.5) is 16.0 Å². The maximum Gasteiger partial charge on any atom is 0.144 e. The highest BCUT2D eigenvalue weighted by Crippen LogP contribution is 2.18. The standard InChI is InChI=1S/C12H11BrFN3/c1-7-3-10(13)16-12(4-7)17-11-5-8(2)9(14)6-15-11/h3-6H,1-2H3,(H,15,16,17). The van der Waals surface area contributed by atoms with Gasteiger partial charge in [-0.3, -0.25) is 0 Å². The molecule has 5 heteroatoms. The first-order chi connectivity index (χ1) is 8.04. The average molecular weight is 296 g/mol. The number of nitrogens with one attached hydrogen (secondary N) is 1. The fourth-order valence-corrected chi connectivity index (χ4v) is 1.98. The summed E-state index contributed by atoms with van der Waals surface area (Å²) < 4.78 is 13.8. The van der Waals surface area contributed by atoms with E-state index in [1.807, 2.05) is 19.1 Å². The molecule has 0 aliphatic carbocycles. The summed E-state index contributed by atoms with van der Waals surface area (Å²) in [4.78, 5) is 8.21. The zero-order chi connectivity index (χ0) is 12.4. The SMILES string of the molecule is Cc1cc(Br)nc(Nc2cc(C)c(F)cn2)c1. The van der Waals surface area contributed by atoms with Gasteiger partial charge < -0.3 is 5.32 Å². The normalized spacial score (nSPS) is 10.4. The van der Waals surface area contributed by atoms with Gasteiger partial charge in [0.2, 0.25) is 0 Å². The van der Waals surface area contributed by atoms with Crippen LogP contribution < -0.4 is 5.32 Å². The van der Waals surface area contributed by atoms with Crippen molar-refractivity contribution in [3.63, 3.8) is 0 Å². The van der Waals surface area contributed by atoms with Crippen LogP contribution in [0.1, 0.15) is 11.1 Å². The van der Waals surface area contributed by atoms with Gasteiger partial charge >= 0.3 is 0 Å². The van der Waals surface area contributed by atoms with Gasteiger partial charge in [0, 0.05) is 0 Å². The number of pyridine rings is 2. The number of hydrogen-bond acceptors (Lipinski definition) is 3. The molecule has 0 saturated carbocycles. The minimum absolute atomic E-state index is 0.311. The molecule has 0 amide bonds. The van der Waals surface area contributed by atoms with E-state index in [2.05, 4.69) is 31.2 Å². The van der Waals surface area contributed by atoms with Gasteiger partial charge in [-0.25, -0.2) is 14.4 Å². The van der Waals surface area contributed by atoms with Crippen molar-refractivity contribution >= 4 is 27.6 Å². The third kappa shape index (κ3) is 3.00. The van der Waals surface area contributed by atoms with E-state index < -0.39 is 0 Å².